The molecular weight excluding hydrogens is 363 g/mol. The quantitative estimate of drug-likeness (QED) is 0.708. The van der Waals surface area contributed by atoms with Crippen LogP contribution < -0.4 is 10.0 Å². The van der Waals surface area contributed by atoms with E-state index in [0.717, 1.165) is 11.3 Å². The topological polar surface area (TPSA) is 75.3 Å². The summed E-state index contributed by atoms with van der Waals surface area (Å²) in [7, 11) is -3.76. The molecule has 2 N–H and O–H groups in total. The number of carbonyl (C=O) groups excluding carboxylic acids is 1. The summed E-state index contributed by atoms with van der Waals surface area (Å²) in [5.41, 5.74) is 0.301. The van der Waals surface area contributed by atoms with Gasteiger partial charge in [0.1, 0.15) is 10.0 Å². The molecule has 0 fully saturated rings. The molecule has 0 unspecified atom stereocenters. The molecule has 1 aromatic heterocycles. The van der Waals surface area contributed by atoms with Gasteiger partial charge in [0.25, 0.3) is 15.9 Å². The molecule has 0 bridgehead atoms. The number of benzene rings is 2. The van der Waals surface area contributed by atoms with E-state index in [1.54, 1.807) is 29.6 Å². The van der Waals surface area contributed by atoms with E-state index < -0.39 is 21.7 Å². The first kappa shape index (κ1) is 17.1. The van der Waals surface area contributed by atoms with Crippen LogP contribution in [-0.2, 0) is 10.0 Å². The van der Waals surface area contributed by atoms with Crippen molar-refractivity contribution in [1.82, 2.24) is 0 Å². The molecule has 0 aliphatic carbocycles. The van der Waals surface area contributed by atoms with Crippen molar-refractivity contribution in [2.45, 2.75) is 4.21 Å². The van der Waals surface area contributed by atoms with Crippen molar-refractivity contribution in [3.05, 3.63) is 77.4 Å². The minimum atomic E-state index is -3.76. The smallest absolute Gasteiger partial charge is 0.271 e. The number of rotatable bonds is 5. The Bertz CT molecular complexity index is 1000. The second kappa shape index (κ2) is 7.04. The Hall–Kier alpha value is -2.71. The van der Waals surface area contributed by atoms with Crippen molar-refractivity contribution in [1.29, 1.82) is 0 Å². The summed E-state index contributed by atoms with van der Waals surface area (Å²) in [5.74, 6) is -1.32. The largest absolute Gasteiger partial charge is 0.320 e. The van der Waals surface area contributed by atoms with Gasteiger partial charge >= 0.3 is 0 Å². The Kier molecular flexibility index (Phi) is 4.82. The lowest BCUT2D eigenvalue weighted by atomic mass is 10.2. The minimum Gasteiger partial charge on any atom is -0.320 e. The third kappa shape index (κ3) is 3.86. The number of anilines is 2. The first-order valence-electron chi connectivity index (χ1n) is 7.18. The molecule has 0 aliphatic heterocycles. The summed E-state index contributed by atoms with van der Waals surface area (Å²) in [6.07, 6.45) is 0. The van der Waals surface area contributed by atoms with Crippen molar-refractivity contribution < 1.29 is 17.6 Å². The van der Waals surface area contributed by atoms with Gasteiger partial charge in [-0.15, -0.1) is 11.3 Å². The molecule has 1 amide bonds. The van der Waals surface area contributed by atoms with Gasteiger partial charge < -0.3 is 5.32 Å². The predicted molar refractivity (Wildman–Crippen MR) is 95.9 cm³/mol. The van der Waals surface area contributed by atoms with E-state index in [9.17, 15) is 17.6 Å². The summed E-state index contributed by atoms with van der Waals surface area (Å²) in [6.45, 7) is 0. The summed E-state index contributed by atoms with van der Waals surface area (Å²) < 4.78 is 41.0. The summed E-state index contributed by atoms with van der Waals surface area (Å²) in [6, 6.07) is 15.0. The van der Waals surface area contributed by atoms with E-state index >= 15 is 0 Å². The Labute approximate surface area is 148 Å². The molecule has 8 heteroatoms. The van der Waals surface area contributed by atoms with Crippen LogP contribution in [0, 0.1) is 5.82 Å². The van der Waals surface area contributed by atoms with Gasteiger partial charge in [0.05, 0.1) is 16.9 Å². The van der Waals surface area contributed by atoms with Crippen LogP contribution in [0.5, 0.6) is 0 Å². The van der Waals surface area contributed by atoms with Crippen molar-refractivity contribution in [2.75, 3.05) is 10.0 Å². The van der Waals surface area contributed by atoms with E-state index in [2.05, 4.69) is 10.0 Å². The van der Waals surface area contributed by atoms with E-state index in [0.29, 0.717) is 0 Å². The van der Waals surface area contributed by atoms with Crippen LogP contribution in [0.25, 0.3) is 0 Å². The monoisotopic (exact) mass is 376 g/mol. The Morgan fingerprint density at radius 2 is 1.60 bits per heavy atom. The SMILES string of the molecule is O=C(Nc1ccccc1NS(=O)(=O)c1cccs1)c1ccccc1F. The lowest BCUT2D eigenvalue weighted by Crippen LogP contribution is -2.17. The first-order valence-corrected chi connectivity index (χ1v) is 9.55. The fraction of sp³-hybridized carbons (Fsp3) is 0. The number of nitrogens with one attached hydrogen (secondary N) is 2. The molecule has 5 nitrogen and oxygen atoms in total. The molecule has 0 saturated heterocycles. The van der Waals surface area contributed by atoms with Gasteiger partial charge in [-0.2, -0.15) is 0 Å². The Morgan fingerprint density at radius 3 is 2.28 bits per heavy atom. The van der Waals surface area contributed by atoms with Crippen LogP contribution in [-0.4, -0.2) is 14.3 Å². The maximum atomic E-state index is 13.7. The second-order valence-corrected chi connectivity index (χ2v) is 7.87. The molecule has 0 radical (unpaired) electrons. The highest BCUT2D eigenvalue weighted by Gasteiger charge is 2.18. The van der Waals surface area contributed by atoms with E-state index in [4.69, 9.17) is 0 Å². The highest BCUT2D eigenvalue weighted by molar-refractivity contribution is 7.94. The fourth-order valence-corrected chi connectivity index (χ4v) is 4.20. The number of para-hydroxylation sites is 2. The zero-order valence-electron chi connectivity index (χ0n) is 12.8. The molecule has 0 spiro atoms. The second-order valence-electron chi connectivity index (χ2n) is 5.02. The summed E-state index contributed by atoms with van der Waals surface area (Å²) in [4.78, 5) is 12.3. The number of thiophene rings is 1. The standard InChI is InChI=1S/C17H13FN2O3S2/c18-13-7-2-1-6-12(13)17(21)19-14-8-3-4-9-15(14)20-25(22,23)16-10-5-11-24-16/h1-11,20H,(H,19,21). The first-order chi connectivity index (χ1) is 12.0. The summed E-state index contributed by atoms with van der Waals surface area (Å²) in [5, 5.41) is 4.19. The lowest BCUT2D eigenvalue weighted by Gasteiger charge is -2.13. The van der Waals surface area contributed by atoms with Crippen LogP contribution in [0.2, 0.25) is 0 Å². The molecule has 0 aliphatic rings. The van der Waals surface area contributed by atoms with Gasteiger partial charge in [0.2, 0.25) is 0 Å². The van der Waals surface area contributed by atoms with Crippen LogP contribution in [0.1, 0.15) is 10.4 Å². The number of amides is 1. The number of hydrogen-bond acceptors (Lipinski definition) is 4. The van der Waals surface area contributed by atoms with Crippen LogP contribution >= 0.6 is 11.3 Å². The zero-order chi connectivity index (χ0) is 17.9. The average Bonchev–Trinajstić information content (AvgIpc) is 3.12. The maximum absolute atomic E-state index is 13.7. The van der Waals surface area contributed by atoms with Gasteiger partial charge in [-0.25, -0.2) is 12.8 Å². The number of hydrogen-bond donors (Lipinski definition) is 2. The van der Waals surface area contributed by atoms with E-state index in [1.165, 1.54) is 36.4 Å². The van der Waals surface area contributed by atoms with E-state index in [1.807, 2.05) is 0 Å². The molecule has 0 atom stereocenters. The number of carbonyl (C=O) groups is 1. The van der Waals surface area contributed by atoms with Gasteiger partial charge in [-0.05, 0) is 35.7 Å². The number of halogens is 1. The van der Waals surface area contributed by atoms with Crippen LogP contribution in [0.4, 0.5) is 15.8 Å². The minimum absolute atomic E-state index is 0.126. The zero-order valence-corrected chi connectivity index (χ0v) is 14.4. The van der Waals surface area contributed by atoms with Gasteiger partial charge in [0.15, 0.2) is 0 Å². The van der Waals surface area contributed by atoms with Crippen molar-refractivity contribution >= 4 is 38.6 Å². The van der Waals surface area contributed by atoms with Crippen molar-refractivity contribution in [2.24, 2.45) is 0 Å². The predicted octanol–water partition coefficient (Wildman–Crippen LogP) is 3.94. The normalized spacial score (nSPS) is 11.1. The van der Waals surface area contributed by atoms with Gasteiger partial charge in [-0.3, -0.25) is 9.52 Å². The molecule has 25 heavy (non-hydrogen) atoms. The third-order valence-electron chi connectivity index (χ3n) is 3.30. The molecular formula is C17H13FN2O3S2. The molecule has 128 valence electrons. The highest BCUT2D eigenvalue weighted by atomic mass is 32.2. The Morgan fingerprint density at radius 1 is 0.920 bits per heavy atom. The van der Waals surface area contributed by atoms with Crippen molar-refractivity contribution in [3.8, 4) is 0 Å². The maximum Gasteiger partial charge on any atom is 0.271 e. The number of sulfonamides is 1. The third-order valence-corrected chi connectivity index (χ3v) is 6.06. The Balaban J connectivity index is 1.87. The van der Waals surface area contributed by atoms with Crippen molar-refractivity contribution in [3.63, 3.8) is 0 Å². The van der Waals surface area contributed by atoms with Gasteiger partial charge in [0, 0.05) is 0 Å². The molecule has 2 aromatic carbocycles. The lowest BCUT2D eigenvalue weighted by molar-refractivity contribution is 0.102. The molecule has 3 rings (SSSR count). The highest BCUT2D eigenvalue weighted by Crippen LogP contribution is 2.26. The van der Waals surface area contributed by atoms with Crippen LogP contribution in [0.15, 0.2) is 70.3 Å². The molecule has 3 aromatic rings. The van der Waals surface area contributed by atoms with E-state index in [-0.39, 0.29) is 21.1 Å². The fourth-order valence-electron chi connectivity index (χ4n) is 2.13. The van der Waals surface area contributed by atoms with Gasteiger partial charge in [-0.1, -0.05) is 30.3 Å². The molecule has 0 saturated carbocycles. The summed E-state index contributed by atoms with van der Waals surface area (Å²) >= 11 is 1.08. The molecule has 1 heterocycles. The van der Waals surface area contributed by atoms with Crippen LogP contribution in [0.3, 0.4) is 0 Å². The average molecular weight is 376 g/mol.